The van der Waals surface area contributed by atoms with Crippen molar-refractivity contribution in [3.63, 3.8) is 0 Å². The Labute approximate surface area is 210 Å². The van der Waals surface area contributed by atoms with Gasteiger partial charge in [-0.1, -0.05) is 60.5 Å². The lowest BCUT2D eigenvalue weighted by Gasteiger charge is -2.37. The van der Waals surface area contributed by atoms with Crippen LogP contribution < -0.4 is 4.74 Å². The standard InChI is InChI=1S/C25H22Cl2F3NO4/c1-15(24(33,25(28,29)30)18-9-10-31-22(27)12-18)20-8-7-19(13-21(20)26)35-14-17-5-3-16(4-6-17)11-23(32)34-2/h3-10,12-13,15,33H,11,14H2,1-2H3. The number of ether oxygens (including phenoxy) is 2. The average molecular weight is 528 g/mol. The van der Waals surface area contributed by atoms with Gasteiger partial charge in [0.2, 0.25) is 0 Å². The highest BCUT2D eigenvalue weighted by atomic mass is 35.5. The second kappa shape index (κ2) is 10.8. The summed E-state index contributed by atoms with van der Waals surface area (Å²) >= 11 is 12.1. The van der Waals surface area contributed by atoms with Crippen LogP contribution in [0.3, 0.4) is 0 Å². The van der Waals surface area contributed by atoms with E-state index in [1.807, 2.05) is 0 Å². The number of rotatable bonds is 8. The monoisotopic (exact) mass is 527 g/mol. The van der Waals surface area contributed by atoms with Crippen molar-refractivity contribution in [1.82, 2.24) is 4.98 Å². The molecular weight excluding hydrogens is 506 g/mol. The van der Waals surface area contributed by atoms with Gasteiger partial charge < -0.3 is 14.6 Å². The topological polar surface area (TPSA) is 68.7 Å². The molecule has 0 spiro atoms. The molecule has 1 heterocycles. The summed E-state index contributed by atoms with van der Waals surface area (Å²) < 4.78 is 52.6. The molecule has 0 radical (unpaired) electrons. The van der Waals surface area contributed by atoms with Crippen molar-refractivity contribution in [3.05, 3.63) is 93.2 Å². The normalized spacial score (nSPS) is 14.2. The number of methoxy groups -OCH3 is 1. The summed E-state index contributed by atoms with van der Waals surface area (Å²) in [7, 11) is 1.32. The van der Waals surface area contributed by atoms with Crippen LogP contribution in [0.15, 0.2) is 60.8 Å². The number of hydrogen-bond donors (Lipinski definition) is 1. The van der Waals surface area contributed by atoms with Gasteiger partial charge in [-0.25, -0.2) is 4.98 Å². The second-order valence-electron chi connectivity index (χ2n) is 7.89. The number of benzene rings is 2. The highest BCUT2D eigenvalue weighted by Gasteiger charge is 2.59. The molecule has 186 valence electrons. The van der Waals surface area contributed by atoms with Gasteiger partial charge in [0.05, 0.1) is 13.5 Å². The first-order valence-electron chi connectivity index (χ1n) is 10.4. The van der Waals surface area contributed by atoms with Gasteiger partial charge in [-0.2, -0.15) is 13.2 Å². The molecule has 2 aromatic carbocycles. The number of carbonyl (C=O) groups is 1. The highest BCUT2D eigenvalue weighted by Crippen LogP contribution is 2.50. The van der Waals surface area contributed by atoms with E-state index in [4.69, 9.17) is 27.9 Å². The number of hydrogen-bond acceptors (Lipinski definition) is 5. The summed E-state index contributed by atoms with van der Waals surface area (Å²) in [6, 6.07) is 13.5. The lowest BCUT2D eigenvalue weighted by molar-refractivity contribution is -0.274. The molecule has 35 heavy (non-hydrogen) atoms. The zero-order valence-electron chi connectivity index (χ0n) is 18.8. The largest absolute Gasteiger partial charge is 0.489 e. The van der Waals surface area contributed by atoms with Crippen LogP contribution in [0.25, 0.3) is 0 Å². The van der Waals surface area contributed by atoms with Crippen molar-refractivity contribution in [2.75, 3.05) is 7.11 Å². The van der Waals surface area contributed by atoms with Gasteiger partial charge in [0.1, 0.15) is 17.5 Å². The predicted molar refractivity (Wildman–Crippen MR) is 126 cm³/mol. The SMILES string of the molecule is COC(=O)Cc1ccc(COc2ccc(C(C)C(O)(c3ccnc(Cl)c3)C(F)(F)F)c(Cl)c2)cc1. The quantitative estimate of drug-likeness (QED) is 0.277. The molecule has 0 saturated carbocycles. The molecule has 2 atom stereocenters. The molecule has 10 heteroatoms. The Morgan fingerprint density at radius 3 is 2.29 bits per heavy atom. The summed E-state index contributed by atoms with van der Waals surface area (Å²) in [5.41, 5.74) is -2.01. The van der Waals surface area contributed by atoms with Gasteiger partial charge in [0.15, 0.2) is 5.60 Å². The van der Waals surface area contributed by atoms with E-state index in [0.717, 1.165) is 29.5 Å². The van der Waals surface area contributed by atoms with Gasteiger partial charge in [-0.3, -0.25) is 4.79 Å². The van der Waals surface area contributed by atoms with E-state index in [9.17, 15) is 23.1 Å². The van der Waals surface area contributed by atoms with Crippen LogP contribution in [0.4, 0.5) is 13.2 Å². The van der Waals surface area contributed by atoms with Gasteiger partial charge in [0.25, 0.3) is 0 Å². The van der Waals surface area contributed by atoms with E-state index in [2.05, 4.69) is 9.72 Å². The van der Waals surface area contributed by atoms with E-state index in [-0.39, 0.29) is 34.7 Å². The highest BCUT2D eigenvalue weighted by molar-refractivity contribution is 6.31. The number of nitrogens with zero attached hydrogens (tertiary/aromatic N) is 1. The fraction of sp³-hybridized carbons (Fsp3) is 0.280. The van der Waals surface area contributed by atoms with Crippen LogP contribution in [-0.2, 0) is 28.2 Å². The fourth-order valence-electron chi connectivity index (χ4n) is 3.63. The second-order valence-corrected chi connectivity index (χ2v) is 8.69. The van der Waals surface area contributed by atoms with E-state index >= 15 is 0 Å². The summed E-state index contributed by atoms with van der Waals surface area (Å²) in [4.78, 5) is 15.0. The number of pyridine rings is 1. The maximum atomic E-state index is 14.1. The molecule has 0 amide bonds. The van der Waals surface area contributed by atoms with E-state index in [1.165, 1.54) is 32.2 Å². The van der Waals surface area contributed by atoms with Gasteiger partial charge in [-0.05, 0) is 46.5 Å². The smallest absolute Gasteiger partial charge is 0.422 e. The van der Waals surface area contributed by atoms with Crippen LogP contribution in [-0.4, -0.2) is 29.3 Å². The summed E-state index contributed by atoms with van der Waals surface area (Å²) in [5.74, 6) is -1.47. The lowest BCUT2D eigenvalue weighted by Crippen LogP contribution is -2.46. The third kappa shape index (κ3) is 6.07. The molecule has 3 rings (SSSR count). The van der Waals surface area contributed by atoms with Crippen molar-refractivity contribution < 1.29 is 32.5 Å². The van der Waals surface area contributed by atoms with Crippen LogP contribution in [0, 0.1) is 0 Å². The van der Waals surface area contributed by atoms with Crippen molar-refractivity contribution >= 4 is 29.2 Å². The van der Waals surface area contributed by atoms with Crippen LogP contribution in [0.2, 0.25) is 10.2 Å². The Balaban J connectivity index is 1.78. The summed E-state index contributed by atoms with van der Waals surface area (Å²) in [5, 5.41) is 10.7. The molecule has 0 fully saturated rings. The van der Waals surface area contributed by atoms with Crippen molar-refractivity contribution in [1.29, 1.82) is 0 Å². The van der Waals surface area contributed by atoms with Crippen LogP contribution in [0.1, 0.15) is 35.1 Å². The maximum Gasteiger partial charge on any atom is 0.422 e. The minimum Gasteiger partial charge on any atom is -0.489 e. The van der Waals surface area contributed by atoms with Crippen molar-refractivity contribution in [2.45, 2.75) is 37.6 Å². The van der Waals surface area contributed by atoms with Gasteiger partial charge in [0, 0.05) is 17.1 Å². The Morgan fingerprint density at radius 1 is 1.06 bits per heavy atom. The van der Waals surface area contributed by atoms with E-state index in [1.54, 1.807) is 24.3 Å². The lowest BCUT2D eigenvalue weighted by atomic mass is 9.78. The first kappa shape index (κ1) is 26.8. The Bertz CT molecular complexity index is 1190. The minimum absolute atomic E-state index is 0.00579. The molecule has 0 aliphatic carbocycles. The number of alkyl halides is 3. The van der Waals surface area contributed by atoms with Crippen LogP contribution >= 0.6 is 23.2 Å². The fourth-order valence-corrected chi connectivity index (χ4v) is 4.14. The molecule has 0 bridgehead atoms. The number of aromatic nitrogens is 1. The molecule has 1 aromatic heterocycles. The Morgan fingerprint density at radius 2 is 1.71 bits per heavy atom. The van der Waals surface area contributed by atoms with Crippen molar-refractivity contribution in [2.24, 2.45) is 0 Å². The third-order valence-electron chi connectivity index (χ3n) is 5.67. The Kier molecular flexibility index (Phi) is 8.30. The number of carbonyl (C=O) groups excluding carboxylic acids is 1. The Hall–Kier alpha value is -2.81. The first-order valence-corrected chi connectivity index (χ1v) is 11.2. The number of halogens is 5. The average Bonchev–Trinajstić information content (AvgIpc) is 2.82. The molecule has 0 aliphatic rings. The molecule has 1 N–H and O–H groups in total. The predicted octanol–water partition coefficient (Wildman–Crippen LogP) is 6.24. The molecule has 5 nitrogen and oxygen atoms in total. The van der Waals surface area contributed by atoms with Gasteiger partial charge in [-0.15, -0.1) is 0 Å². The van der Waals surface area contributed by atoms with Crippen LogP contribution in [0.5, 0.6) is 5.75 Å². The van der Waals surface area contributed by atoms with Crippen molar-refractivity contribution in [3.8, 4) is 5.75 Å². The minimum atomic E-state index is -5.02. The van der Waals surface area contributed by atoms with E-state index in [0.29, 0.717) is 5.75 Å². The number of aliphatic hydroxyl groups is 1. The summed E-state index contributed by atoms with van der Waals surface area (Å²) in [6.45, 7) is 1.41. The first-order chi connectivity index (χ1) is 16.5. The molecule has 0 saturated heterocycles. The zero-order chi connectivity index (χ0) is 25.8. The molecule has 3 aromatic rings. The number of esters is 1. The van der Waals surface area contributed by atoms with Gasteiger partial charge >= 0.3 is 12.1 Å². The van der Waals surface area contributed by atoms with E-state index < -0.39 is 23.3 Å². The molecule has 0 aliphatic heterocycles. The maximum absolute atomic E-state index is 14.1. The summed E-state index contributed by atoms with van der Waals surface area (Å²) in [6.07, 6.45) is -3.76. The molecular formula is C25H22Cl2F3NO4. The molecule has 2 unspecified atom stereocenters. The third-order valence-corrected chi connectivity index (χ3v) is 6.20. The zero-order valence-corrected chi connectivity index (χ0v) is 20.3.